The first kappa shape index (κ1) is 17.0. The number of carbonyl (C=O) groups is 1. The van der Waals surface area contributed by atoms with Crippen LogP contribution in [0.2, 0.25) is 0 Å². The monoisotopic (exact) mass is 346 g/mol. The lowest BCUT2D eigenvalue weighted by Crippen LogP contribution is -2.43. The molecule has 0 saturated heterocycles. The van der Waals surface area contributed by atoms with Crippen molar-refractivity contribution in [1.82, 2.24) is 10.6 Å². The van der Waals surface area contributed by atoms with Crippen LogP contribution in [0.5, 0.6) is 11.5 Å². The third-order valence-electron chi connectivity index (χ3n) is 3.95. The number of fused-ring (bicyclic) bond motifs is 1. The van der Waals surface area contributed by atoms with Crippen molar-refractivity contribution in [2.75, 3.05) is 13.3 Å². The Morgan fingerprint density at radius 1 is 1.16 bits per heavy atom. The number of carbonyl (C=O) groups excluding carboxylic acids is 1. The Morgan fingerprint density at radius 2 is 1.88 bits per heavy atom. The molecule has 132 valence electrons. The molecule has 2 aromatic rings. The predicted octanol–water partition coefficient (Wildman–Crippen LogP) is 2.26. The second-order valence-corrected chi connectivity index (χ2v) is 6.00. The summed E-state index contributed by atoms with van der Waals surface area (Å²) in [6, 6.07) is 10.6. The summed E-state index contributed by atoms with van der Waals surface area (Å²) in [5.74, 6) is 0.871. The Bertz CT molecular complexity index is 762. The van der Waals surface area contributed by atoms with Crippen LogP contribution >= 0.6 is 0 Å². The molecule has 0 unspecified atom stereocenters. The number of nitrogens with one attached hydrogen (secondary N) is 2. The fraction of sp³-hybridized carbons (Fsp3) is 0.278. The highest BCUT2D eigenvalue weighted by atomic mass is 19.1. The van der Waals surface area contributed by atoms with Gasteiger partial charge in [0.05, 0.1) is 6.54 Å². The Morgan fingerprint density at radius 3 is 2.64 bits per heavy atom. The zero-order valence-electron chi connectivity index (χ0n) is 13.7. The molecule has 2 aromatic carbocycles. The van der Waals surface area contributed by atoms with Gasteiger partial charge in [0.25, 0.3) is 0 Å². The molecule has 3 rings (SSSR count). The Labute approximate surface area is 144 Å². The molecule has 2 amide bonds. The van der Waals surface area contributed by atoms with Crippen LogP contribution < -0.4 is 20.1 Å². The normalized spacial score (nSPS) is 14.7. The van der Waals surface area contributed by atoms with E-state index in [1.54, 1.807) is 37.3 Å². The van der Waals surface area contributed by atoms with Crippen molar-refractivity contribution < 1.29 is 23.8 Å². The molecule has 0 radical (unpaired) electrons. The highest BCUT2D eigenvalue weighted by molar-refractivity contribution is 5.73. The molecule has 1 heterocycles. The van der Waals surface area contributed by atoms with E-state index in [1.165, 1.54) is 12.1 Å². The predicted molar refractivity (Wildman–Crippen MR) is 88.8 cm³/mol. The minimum absolute atomic E-state index is 0.0158. The SMILES string of the molecule is C[C@](O)(CNC(=O)NCc1ccc(F)cc1)c1ccc2c(c1)OCO2. The number of benzene rings is 2. The summed E-state index contributed by atoms with van der Waals surface area (Å²) >= 11 is 0. The largest absolute Gasteiger partial charge is 0.454 e. The van der Waals surface area contributed by atoms with E-state index in [9.17, 15) is 14.3 Å². The molecule has 25 heavy (non-hydrogen) atoms. The molecule has 3 N–H and O–H groups in total. The van der Waals surface area contributed by atoms with Gasteiger partial charge in [-0.05, 0) is 42.3 Å². The van der Waals surface area contributed by atoms with E-state index in [-0.39, 0.29) is 25.7 Å². The molecular weight excluding hydrogens is 327 g/mol. The number of hydrogen-bond donors (Lipinski definition) is 3. The number of rotatable bonds is 5. The standard InChI is InChI=1S/C18H19FN2O4/c1-18(23,13-4-7-15-16(8-13)25-11-24-15)10-21-17(22)20-9-12-2-5-14(19)6-3-12/h2-8,23H,9-11H2,1H3,(H2,20,21,22)/t18-/m0/s1. The van der Waals surface area contributed by atoms with Gasteiger partial charge in [0.1, 0.15) is 11.4 Å². The van der Waals surface area contributed by atoms with Crippen molar-refractivity contribution in [1.29, 1.82) is 0 Å². The van der Waals surface area contributed by atoms with E-state index in [0.29, 0.717) is 17.1 Å². The fourth-order valence-electron chi connectivity index (χ4n) is 2.43. The van der Waals surface area contributed by atoms with E-state index >= 15 is 0 Å². The van der Waals surface area contributed by atoms with Crippen LogP contribution in [0.1, 0.15) is 18.1 Å². The van der Waals surface area contributed by atoms with E-state index in [0.717, 1.165) is 5.56 Å². The zero-order chi connectivity index (χ0) is 17.9. The second kappa shape index (κ2) is 6.98. The topological polar surface area (TPSA) is 79.8 Å². The highest BCUT2D eigenvalue weighted by Gasteiger charge is 2.26. The Hall–Kier alpha value is -2.80. The maximum Gasteiger partial charge on any atom is 0.315 e. The van der Waals surface area contributed by atoms with Gasteiger partial charge in [-0.3, -0.25) is 0 Å². The van der Waals surface area contributed by atoms with Gasteiger partial charge in [-0.1, -0.05) is 18.2 Å². The summed E-state index contributed by atoms with van der Waals surface area (Å²) in [6.07, 6.45) is 0. The number of halogens is 1. The van der Waals surface area contributed by atoms with Crippen LogP contribution in [0.25, 0.3) is 0 Å². The number of aliphatic hydroxyl groups is 1. The van der Waals surface area contributed by atoms with Gasteiger partial charge in [0.2, 0.25) is 6.79 Å². The summed E-state index contributed by atoms with van der Waals surface area (Å²) < 4.78 is 23.4. The average Bonchev–Trinajstić information content (AvgIpc) is 3.07. The van der Waals surface area contributed by atoms with Crippen LogP contribution in [0, 0.1) is 5.82 Å². The number of hydrogen-bond acceptors (Lipinski definition) is 4. The van der Waals surface area contributed by atoms with Crippen molar-refractivity contribution in [3.05, 3.63) is 59.4 Å². The van der Waals surface area contributed by atoms with E-state index in [2.05, 4.69) is 10.6 Å². The van der Waals surface area contributed by atoms with Crippen LogP contribution in [0.3, 0.4) is 0 Å². The molecular formula is C18H19FN2O4. The van der Waals surface area contributed by atoms with Crippen molar-refractivity contribution in [3.63, 3.8) is 0 Å². The van der Waals surface area contributed by atoms with Crippen molar-refractivity contribution in [2.45, 2.75) is 19.1 Å². The zero-order valence-corrected chi connectivity index (χ0v) is 13.7. The lowest BCUT2D eigenvalue weighted by molar-refractivity contribution is 0.0591. The molecule has 0 bridgehead atoms. The van der Waals surface area contributed by atoms with E-state index < -0.39 is 11.6 Å². The molecule has 1 atom stereocenters. The molecule has 1 aliphatic heterocycles. The number of amides is 2. The first-order chi connectivity index (χ1) is 11.9. The van der Waals surface area contributed by atoms with Crippen LogP contribution in [0.4, 0.5) is 9.18 Å². The Balaban J connectivity index is 1.52. The van der Waals surface area contributed by atoms with Crippen LogP contribution in [-0.4, -0.2) is 24.5 Å². The summed E-state index contributed by atoms with van der Waals surface area (Å²) in [6.45, 7) is 2.04. The summed E-state index contributed by atoms with van der Waals surface area (Å²) in [5, 5.41) is 15.9. The average molecular weight is 346 g/mol. The van der Waals surface area contributed by atoms with Gasteiger partial charge < -0.3 is 25.2 Å². The molecule has 0 saturated carbocycles. The van der Waals surface area contributed by atoms with E-state index in [1.807, 2.05) is 0 Å². The molecule has 7 heteroatoms. The van der Waals surface area contributed by atoms with Gasteiger partial charge in [0, 0.05) is 6.54 Å². The van der Waals surface area contributed by atoms with Crippen LogP contribution in [-0.2, 0) is 12.1 Å². The first-order valence-corrected chi connectivity index (χ1v) is 7.83. The quantitative estimate of drug-likeness (QED) is 0.776. The maximum absolute atomic E-state index is 12.8. The van der Waals surface area contributed by atoms with Gasteiger partial charge >= 0.3 is 6.03 Å². The lowest BCUT2D eigenvalue weighted by Gasteiger charge is -2.24. The van der Waals surface area contributed by atoms with Crippen molar-refractivity contribution >= 4 is 6.03 Å². The van der Waals surface area contributed by atoms with Crippen molar-refractivity contribution in [3.8, 4) is 11.5 Å². The summed E-state index contributed by atoms with van der Waals surface area (Å²) in [4.78, 5) is 11.9. The van der Waals surface area contributed by atoms with Gasteiger partial charge in [-0.15, -0.1) is 0 Å². The van der Waals surface area contributed by atoms with Crippen LogP contribution in [0.15, 0.2) is 42.5 Å². The third kappa shape index (κ3) is 4.19. The Kier molecular flexibility index (Phi) is 4.76. The lowest BCUT2D eigenvalue weighted by atomic mass is 9.95. The van der Waals surface area contributed by atoms with Gasteiger partial charge in [0.15, 0.2) is 11.5 Å². The summed E-state index contributed by atoms with van der Waals surface area (Å²) in [7, 11) is 0. The molecule has 1 aliphatic rings. The minimum Gasteiger partial charge on any atom is -0.454 e. The highest BCUT2D eigenvalue weighted by Crippen LogP contribution is 2.35. The van der Waals surface area contributed by atoms with Gasteiger partial charge in [-0.2, -0.15) is 0 Å². The molecule has 0 aliphatic carbocycles. The second-order valence-electron chi connectivity index (χ2n) is 6.00. The molecule has 0 aromatic heterocycles. The summed E-state index contributed by atoms with van der Waals surface area (Å²) in [5.41, 5.74) is 0.114. The maximum atomic E-state index is 12.8. The first-order valence-electron chi connectivity index (χ1n) is 7.83. The smallest absolute Gasteiger partial charge is 0.315 e. The molecule has 0 fully saturated rings. The fourth-order valence-corrected chi connectivity index (χ4v) is 2.43. The minimum atomic E-state index is -1.27. The van der Waals surface area contributed by atoms with Gasteiger partial charge in [-0.25, -0.2) is 9.18 Å². The van der Waals surface area contributed by atoms with E-state index in [4.69, 9.17) is 9.47 Å². The molecule has 0 spiro atoms. The van der Waals surface area contributed by atoms with Crippen molar-refractivity contribution in [2.24, 2.45) is 0 Å². The third-order valence-corrected chi connectivity index (χ3v) is 3.95. The number of ether oxygens (including phenoxy) is 2. The number of urea groups is 1. The molecule has 6 nitrogen and oxygen atoms in total.